The summed E-state index contributed by atoms with van der Waals surface area (Å²) >= 11 is 0. The number of methoxy groups -OCH3 is 1. The van der Waals surface area contributed by atoms with Crippen molar-refractivity contribution in [3.8, 4) is 5.75 Å². The number of aliphatic hydroxyl groups is 1. The van der Waals surface area contributed by atoms with Gasteiger partial charge in [-0.25, -0.2) is 8.42 Å². The van der Waals surface area contributed by atoms with Crippen LogP contribution in [-0.4, -0.2) is 82.4 Å². The molecule has 1 N–H and O–H groups in total. The van der Waals surface area contributed by atoms with Gasteiger partial charge in [0.15, 0.2) is 5.76 Å². The van der Waals surface area contributed by atoms with Crippen molar-refractivity contribution >= 4 is 15.9 Å². The molecule has 1 aromatic rings. The predicted octanol–water partition coefficient (Wildman–Crippen LogP) is 2.08. The molecule has 0 spiro atoms. The van der Waals surface area contributed by atoms with Crippen LogP contribution in [0.25, 0.3) is 0 Å². The molecule has 0 bridgehead atoms. The Morgan fingerprint density at radius 2 is 1.82 bits per heavy atom. The molecule has 1 heterocycles. The monoisotopic (exact) mass is 484 g/mol. The molecule has 0 unspecified atom stereocenters. The largest absolute Gasteiger partial charge is 0.497 e. The molecular formula is C23H36N2O7S. The van der Waals surface area contributed by atoms with E-state index in [4.69, 9.17) is 14.2 Å². The lowest BCUT2D eigenvalue weighted by atomic mass is 9.77. The highest BCUT2D eigenvalue weighted by molar-refractivity contribution is 7.89. The molecule has 9 nitrogen and oxygen atoms in total. The molecule has 0 radical (unpaired) electrons. The van der Waals surface area contributed by atoms with Gasteiger partial charge >= 0.3 is 0 Å². The van der Waals surface area contributed by atoms with Crippen LogP contribution in [0.3, 0.4) is 0 Å². The van der Waals surface area contributed by atoms with Crippen molar-refractivity contribution < 1.29 is 32.5 Å². The van der Waals surface area contributed by atoms with Gasteiger partial charge in [-0.3, -0.25) is 4.79 Å². The molecule has 33 heavy (non-hydrogen) atoms. The number of aliphatic hydroxyl groups excluding tert-OH is 1. The zero-order valence-corrected chi connectivity index (χ0v) is 21.1. The first-order valence-corrected chi connectivity index (χ1v) is 12.3. The summed E-state index contributed by atoms with van der Waals surface area (Å²) in [5, 5.41) is 9.41. The lowest BCUT2D eigenvalue weighted by Crippen LogP contribution is -2.39. The molecule has 1 aliphatic heterocycles. The minimum atomic E-state index is -3.84. The number of nitrogens with zero attached hydrogens (tertiary/aromatic N) is 2. The predicted molar refractivity (Wildman–Crippen MR) is 124 cm³/mol. The van der Waals surface area contributed by atoms with Gasteiger partial charge < -0.3 is 24.2 Å². The molecule has 1 amide bonds. The van der Waals surface area contributed by atoms with Crippen LogP contribution in [-0.2, 0) is 24.3 Å². The van der Waals surface area contributed by atoms with E-state index in [9.17, 15) is 18.3 Å². The number of hydrogen-bond donors (Lipinski definition) is 1. The van der Waals surface area contributed by atoms with E-state index in [1.807, 2.05) is 6.08 Å². The molecule has 0 aromatic heterocycles. The quantitative estimate of drug-likeness (QED) is 0.542. The van der Waals surface area contributed by atoms with Gasteiger partial charge in [0.25, 0.3) is 5.91 Å². The number of likely N-dealkylation sites (N-methyl/N-ethyl adjacent to an activating group) is 1. The topological polar surface area (TPSA) is 106 Å². The Balaban J connectivity index is 2.09. The molecule has 0 fully saturated rings. The average Bonchev–Trinajstić information content (AvgIpc) is 2.77. The standard InChI is InChI=1S/C23H36N2O7S/c1-23(2,3)17-15-20(22(27)24(4)5)32-21(16-17)31-14-12-25(11-13-26)33(28,29)19-9-7-18(30-6)8-10-19/h7-10,15,17,21,26H,11-14,16H2,1-6H3/t17-,21+/m0/s1. The lowest BCUT2D eigenvalue weighted by Gasteiger charge is -2.36. The van der Waals surface area contributed by atoms with Crippen LogP contribution in [0.2, 0.25) is 0 Å². The van der Waals surface area contributed by atoms with E-state index in [0.717, 1.165) is 0 Å². The highest BCUT2D eigenvalue weighted by Crippen LogP contribution is 2.36. The first kappa shape index (κ1) is 27.1. The van der Waals surface area contributed by atoms with Gasteiger partial charge in [-0.2, -0.15) is 4.31 Å². The molecule has 186 valence electrons. The Kier molecular flexibility index (Phi) is 9.30. The summed E-state index contributed by atoms with van der Waals surface area (Å²) in [5.74, 6) is 0.576. The third kappa shape index (κ3) is 7.17. The summed E-state index contributed by atoms with van der Waals surface area (Å²) in [5.41, 5.74) is -0.107. The highest BCUT2D eigenvalue weighted by atomic mass is 32.2. The molecule has 10 heteroatoms. The van der Waals surface area contributed by atoms with E-state index < -0.39 is 16.3 Å². The van der Waals surface area contributed by atoms with Crippen LogP contribution in [0.1, 0.15) is 27.2 Å². The van der Waals surface area contributed by atoms with E-state index >= 15 is 0 Å². The van der Waals surface area contributed by atoms with Crippen molar-refractivity contribution in [1.82, 2.24) is 9.21 Å². The maximum absolute atomic E-state index is 13.0. The Morgan fingerprint density at radius 3 is 2.33 bits per heavy atom. The lowest BCUT2D eigenvalue weighted by molar-refractivity contribution is -0.157. The maximum Gasteiger partial charge on any atom is 0.288 e. The summed E-state index contributed by atoms with van der Waals surface area (Å²) in [6.07, 6.45) is 1.70. The van der Waals surface area contributed by atoms with Crippen LogP contribution in [0, 0.1) is 11.3 Å². The van der Waals surface area contributed by atoms with Crippen molar-refractivity contribution in [3.05, 3.63) is 36.1 Å². The number of benzene rings is 1. The van der Waals surface area contributed by atoms with E-state index in [-0.39, 0.29) is 54.2 Å². The summed E-state index contributed by atoms with van der Waals surface area (Å²) in [4.78, 5) is 14.0. The normalized spacial score (nSPS) is 19.1. The smallest absolute Gasteiger partial charge is 0.288 e. The van der Waals surface area contributed by atoms with Gasteiger partial charge in [0.2, 0.25) is 16.3 Å². The minimum Gasteiger partial charge on any atom is -0.497 e. The molecular weight excluding hydrogens is 448 g/mol. The average molecular weight is 485 g/mol. The second-order valence-corrected chi connectivity index (χ2v) is 11.1. The summed E-state index contributed by atoms with van der Waals surface area (Å²) < 4.78 is 44.0. The number of carbonyl (C=O) groups is 1. The molecule has 1 aliphatic rings. The third-order valence-corrected chi connectivity index (χ3v) is 7.39. The van der Waals surface area contributed by atoms with Crippen LogP contribution in [0.15, 0.2) is 41.0 Å². The molecule has 2 atom stereocenters. The fourth-order valence-electron chi connectivity index (χ4n) is 3.38. The zero-order chi connectivity index (χ0) is 24.8. The Hall–Kier alpha value is -2.14. The van der Waals surface area contributed by atoms with Crippen molar-refractivity contribution in [2.75, 3.05) is 47.5 Å². The van der Waals surface area contributed by atoms with E-state index in [1.54, 1.807) is 26.2 Å². The number of hydrogen-bond acceptors (Lipinski definition) is 7. The minimum absolute atomic E-state index is 0.0235. The van der Waals surface area contributed by atoms with Gasteiger partial charge in [0, 0.05) is 33.6 Å². The second kappa shape index (κ2) is 11.3. The van der Waals surface area contributed by atoms with Crippen molar-refractivity contribution in [1.29, 1.82) is 0 Å². The molecule has 0 saturated carbocycles. The summed E-state index contributed by atoms with van der Waals surface area (Å²) in [6.45, 7) is 5.91. The SMILES string of the molecule is COc1ccc(S(=O)(=O)N(CCO)CCO[C@H]2C[C@@H](C(C)(C)C)C=C(C(=O)N(C)C)O2)cc1. The van der Waals surface area contributed by atoms with Crippen LogP contribution >= 0.6 is 0 Å². The van der Waals surface area contributed by atoms with Gasteiger partial charge in [0.1, 0.15) is 5.75 Å². The highest BCUT2D eigenvalue weighted by Gasteiger charge is 2.35. The van der Waals surface area contributed by atoms with Gasteiger partial charge in [-0.15, -0.1) is 0 Å². The first-order valence-electron chi connectivity index (χ1n) is 10.9. The Morgan fingerprint density at radius 1 is 1.18 bits per heavy atom. The van der Waals surface area contributed by atoms with Crippen LogP contribution in [0.4, 0.5) is 0 Å². The summed E-state index contributed by atoms with van der Waals surface area (Å²) in [6, 6.07) is 6.06. The molecule has 2 rings (SSSR count). The van der Waals surface area contributed by atoms with Gasteiger partial charge in [-0.1, -0.05) is 20.8 Å². The van der Waals surface area contributed by atoms with Crippen LogP contribution in [0.5, 0.6) is 5.75 Å². The number of rotatable bonds is 10. The van der Waals surface area contributed by atoms with Crippen molar-refractivity contribution in [2.24, 2.45) is 11.3 Å². The maximum atomic E-state index is 13.0. The fourth-order valence-corrected chi connectivity index (χ4v) is 4.80. The van der Waals surface area contributed by atoms with Crippen molar-refractivity contribution in [2.45, 2.75) is 38.4 Å². The van der Waals surface area contributed by atoms with Gasteiger partial charge in [-0.05, 0) is 41.7 Å². The van der Waals surface area contributed by atoms with Crippen molar-refractivity contribution in [3.63, 3.8) is 0 Å². The van der Waals surface area contributed by atoms with E-state index in [0.29, 0.717) is 12.2 Å². The van der Waals surface area contributed by atoms with Crippen LogP contribution < -0.4 is 4.74 Å². The number of sulfonamides is 1. The van der Waals surface area contributed by atoms with Gasteiger partial charge in [0.05, 0.1) is 25.2 Å². The van der Waals surface area contributed by atoms with E-state index in [1.165, 1.54) is 28.4 Å². The molecule has 0 aliphatic carbocycles. The summed E-state index contributed by atoms with van der Waals surface area (Å²) in [7, 11) is 0.973. The number of carbonyl (C=O) groups excluding carboxylic acids is 1. The number of ether oxygens (including phenoxy) is 3. The van der Waals surface area contributed by atoms with E-state index in [2.05, 4.69) is 20.8 Å². The fraction of sp³-hybridized carbons (Fsp3) is 0.609. The molecule has 0 saturated heterocycles. The molecule has 1 aromatic carbocycles. The first-order chi connectivity index (χ1) is 15.4. The third-order valence-electron chi connectivity index (χ3n) is 5.48. The Labute approximate surface area is 197 Å². The Bertz CT molecular complexity index is 921. The zero-order valence-electron chi connectivity index (χ0n) is 20.3. The number of amides is 1. The second-order valence-electron chi connectivity index (χ2n) is 9.16. The number of allylic oxidation sites excluding steroid dienone is 1.